The van der Waals surface area contributed by atoms with Crippen molar-refractivity contribution in [3.05, 3.63) is 48.4 Å². The van der Waals surface area contributed by atoms with Crippen molar-refractivity contribution >= 4 is 15.8 Å². The van der Waals surface area contributed by atoms with E-state index >= 15 is 0 Å². The minimum absolute atomic E-state index is 0.318. The number of piperazine rings is 1. The maximum absolute atomic E-state index is 12.8. The van der Waals surface area contributed by atoms with Crippen LogP contribution in [-0.2, 0) is 16.4 Å². The molecule has 0 radical (unpaired) electrons. The molecule has 26 heavy (non-hydrogen) atoms. The molecule has 0 atom stereocenters. The van der Waals surface area contributed by atoms with Crippen molar-refractivity contribution < 1.29 is 18.3 Å². The molecular weight excluding hydrogens is 350 g/mol. The lowest BCUT2D eigenvalue weighted by Gasteiger charge is -2.29. The molecule has 140 valence electrons. The Kier molecular flexibility index (Phi) is 5.85. The topological polar surface area (TPSA) is 72.1 Å². The lowest BCUT2D eigenvalue weighted by atomic mass is 10.2. The third-order valence-electron chi connectivity index (χ3n) is 4.82. The highest BCUT2D eigenvalue weighted by Gasteiger charge is 2.30. The maximum atomic E-state index is 12.8. The van der Waals surface area contributed by atoms with Crippen LogP contribution >= 0.6 is 0 Å². The van der Waals surface area contributed by atoms with Crippen molar-refractivity contribution in [2.24, 2.45) is 0 Å². The van der Waals surface area contributed by atoms with Crippen LogP contribution in [0.3, 0.4) is 0 Å². The van der Waals surface area contributed by atoms with Gasteiger partial charge in [-0.25, -0.2) is 13.4 Å². The van der Waals surface area contributed by atoms with E-state index in [1.807, 2.05) is 31.3 Å². The SMILES string of the molecule is CN(CCc1ccccn1)c1ccc(S(=O)(=O)N2CC[NH+](C)CC2)c[nH+]1. The zero-order valence-corrected chi connectivity index (χ0v) is 16.2. The van der Waals surface area contributed by atoms with Crippen LogP contribution < -0.4 is 14.8 Å². The largest absolute Gasteiger partial charge is 0.335 e. The van der Waals surface area contributed by atoms with Crippen LogP contribution in [0.15, 0.2) is 47.6 Å². The van der Waals surface area contributed by atoms with Gasteiger partial charge in [0.2, 0.25) is 10.0 Å². The Morgan fingerprint density at radius 1 is 1.23 bits per heavy atom. The lowest BCUT2D eigenvalue weighted by Crippen LogP contribution is -3.12. The number of hydrogen-bond acceptors (Lipinski definition) is 4. The fourth-order valence-corrected chi connectivity index (χ4v) is 4.42. The molecule has 3 rings (SSSR count). The Hall–Kier alpha value is -2.03. The second-order valence-electron chi connectivity index (χ2n) is 6.76. The van der Waals surface area contributed by atoms with E-state index in [0.717, 1.165) is 37.6 Å². The van der Waals surface area contributed by atoms with Crippen molar-refractivity contribution in [1.29, 1.82) is 0 Å². The average molecular weight is 378 g/mol. The summed E-state index contributed by atoms with van der Waals surface area (Å²) in [4.78, 5) is 11.2. The molecule has 0 spiro atoms. The van der Waals surface area contributed by atoms with Crippen LogP contribution in [0.2, 0.25) is 0 Å². The summed E-state index contributed by atoms with van der Waals surface area (Å²) in [5.74, 6) is 0.878. The fraction of sp³-hybridized carbons (Fsp3) is 0.444. The van der Waals surface area contributed by atoms with E-state index in [1.54, 1.807) is 22.8 Å². The monoisotopic (exact) mass is 377 g/mol. The predicted octanol–water partition coefficient (Wildman–Crippen LogP) is -0.906. The Morgan fingerprint density at radius 3 is 2.62 bits per heavy atom. The standard InChI is InChI=1S/C18H25N5O2S/c1-21-11-13-23(14-12-21)26(24,25)17-6-7-18(20-15-17)22(2)10-8-16-5-3-4-9-19-16/h3-7,9,15H,8,10-14H2,1-2H3/p+2. The summed E-state index contributed by atoms with van der Waals surface area (Å²) in [6.07, 6.45) is 4.21. The van der Waals surface area contributed by atoms with Crippen molar-refractivity contribution in [1.82, 2.24) is 9.29 Å². The molecule has 1 aliphatic heterocycles. The molecule has 2 aromatic rings. The van der Waals surface area contributed by atoms with Gasteiger partial charge in [0.15, 0.2) is 0 Å². The summed E-state index contributed by atoms with van der Waals surface area (Å²) in [6, 6.07) is 9.40. The number of pyridine rings is 2. The van der Waals surface area contributed by atoms with Gasteiger partial charge in [-0.05, 0) is 18.2 Å². The van der Waals surface area contributed by atoms with Crippen LogP contribution in [0.4, 0.5) is 5.82 Å². The second-order valence-corrected chi connectivity index (χ2v) is 8.70. The highest BCUT2D eigenvalue weighted by atomic mass is 32.2. The number of sulfonamides is 1. The first-order valence-corrected chi connectivity index (χ1v) is 10.3. The summed E-state index contributed by atoms with van der Waals surface area (Å²) >= 11 is 0. The molecule has 2 N–H and O–H groups in total. The van der Waals surface area contributed by atoms with Crippen LogP contribution in [0.1, 0.15) is 5.69 Å². The number of likely N-dealkylation sites (N-methyl/N-ethyl adjacent to an activating group) is 2. The van der Waals surface area contributed by atoms with E-state index in [9.17, 15) is 8.42 Å². The number of aromatic nitrogens is 2. The highest BCUT2D eigenvalue weighted by Crippen LogP contribution is 2.15. The number of aromatic amines is 1. The number of anilines is 1. The third-order valence-corrected chi connectivity index (χ3v) is 6.72. The highest BCUT2D eigenvalue weighted by molar-refractivity contribution is 7.89. The minimum atomic E-state index is -3.42. The van der Waals surface area contributed by atoms with Crippen molar-refractivity contribution in [2.45, 2.75) is 11.3 Å². The normalized spacial score (nSPS) is 16.5. The first-order chi connectivity index (χ1) is 12.5. The van der Waals surface area contributed by atoms with E-state index in [2.05, 4.69) is 21.9 Å². The quantitative estimate of drug-likeness (QED) is 0.708. The van der Waals surface area contributed by atoms with E-state index < -0.39 is 10.0 Å². The Bertz CT molecular complexity index is 803. The molecule has 0 saturated carbocycles. The number of hydrogen-bond donors (Lipinski definition) is 1. The smallest absolute Gasteiger partial charge is 0.274 e. The lowest BCUT2D eigenvalue weighted by molar-refractivity contribution is -0.883. The molecule has 7 nitrogen and oxygen atoms in total. The van der Waals surface area contributed by atoms with Gasteiger partial charge in [0.05, 0.1) is 46.8 Å². The van der Waals surface area contributed by atoms with E-state index in [1.165, 1.54) is 4.90 Å². The van der Waals surface area contributed by atoms with Gasteiger partial charge < -0.3 is 4.90 Å². The van der Waals surface area contributed by atoms with Crippen molar-refractivity contribution in [3.8, 4) is 0 Å². The summed E-state index contributed by atoms with van der Waals surface area (Å²) in [5, 5.41) is 0. The zero-order valence-electron chi connectivity index (χ0n) is 15.4. The number of rotatable bonds is 6. The Balaban J connectivity index is 1.64. The fourth-order valence-electron chi connectivity index (χ4n) is 3.01. The number of nitrogens with zero attached hydrogens (tertiary/aromatic N) is 3. The minimum Gasteiger partial charge on any atom is -0.335 e. The molecule has 0 aliphatic carbocycles. The molecule has 0 bridgehead atoms. The zero-order chi connectivity index (χ0) is 18.6. The van der Waals surface area contributed by atoms with Gasteiger partial charge in [0, 0.05) is 24.4 Å². The van der Waals surface area contributed by atoms with Crippen molar-refractivity contribution in [2.75, 3.05) is 51.7 Å². The molecule has 3 heterocycles. The first-order valence-electron chi connectivity index (χ1n) is 8.91. The van der Waals surface area contributed by atoms with Gasteiger partial charge in [0.1, 0.15) is 11.1 Å². The number of quaternary nitrogens is 1. The van der Waals surface area contributed by atoms with E-state index in [4.69, 9.17) is 0 Å². The Labute approximate surface area is 155 Å². The molecule has 0 amide bonds. The van der Waals surface area contributed by atoms with E-state index in [0.29, 0.717) is 18.0 Å². The van der Waals surface area contributed by atoms with Gasteiger partial charge in [-0.3, -0.25) is 9.88 Å². The molecule has 1 saturated heterocycles. The predicted molar refractivity (Wildman–Crippen MR) is 99.6 cm³/mol. The van der Waals surface area contributed by atoms with Crippen molar-refractivity contribution in [3.63, 3.8) is 0 Å². The molecular formula is C18H27N5O2S+2. The third kappa shape index (κ3) is 4.38. The number of H-pyrrole nitrogens is 1. The maximum Gasteiger partial charge on any atom is 0.274 e. The first kappa shape index (κ1) is 18.8. The van der Waals surface area contributed by atoms with Crippen LogP contribution in [-0.4, -0.2) is 64.5 Å². The van der Waals surface area contributed by atoms with Gasteiger partial charge in [0.25, 0.3) is 5.82 Å². The molecule has 1 fully saturated rings. The molecule has 0 unspecified atom stereocenters. The van der Waals surface area contributed by atoms with Crippen LogP contribution in [0.5, 0.6) is 0 Å². The molecule has 1 aliphatic rings. The Morgan fingerprint density at radius 2 is 2.00 bits per heavy atom. The average Bonchev–Trinajstić information content (AvgIpc) is 2.67. The molecule has 2 aromatic heterocycles. The summed E-state index contributed by atoms with van der Waals surface area (Å²) in [7, 11) is 0.646. The van der Waals surface area contributed by atoms with Gasteiger partial charge in [-0.15, -0.1) is 0 Å². The summed E-state index contributed by atoms with van der Waals surface area (Å²) in [5.41, 5.74) is 1.04. The summed E-state index contributed by atoms with van der Waals surface area (Å²) in [6.45, 7) is 3.62. The van der Waals surface area contributed by atoms with Crippen LogP contribution in [0, 0.1) is 0 Å². The van der Waals surface area contributed by atoms with Gasteiger partial charge in [-0.1, -0.05) is 6.07 Å². The number of nitrogens with one attached hydrogen (secondary N) is 2. The molecule has 0 aromatic carbocycles. The van der Waals surface area contributed by atoms with Gasteiger partial charge >= 0.3 is 0 Å². The molecule has 8 heteroatoms. The van der Waals surface area contributed by atoms with Crippen LogP contribution in [0.25, 0.3) is 0 Å². The second kappa shape index (κ2) is 8.11. The summed E-state index contributed by atoms with van der Waals surface area (Å²) < 4.78 is 27.1. The van der Waals surface area contributed by atoms with Gasteiger partial charge in [-0.2, -0.15) is 4.31 Å². The van der Waals surface area contributed by atoms with E-state index in [-0.39, 0.29) is 0 Å².